The van der Waals surface area contributed by atoms with Crippen LogP contribution in [-0.4, -0.2) is 63.1 Å². The molecule has 0 aromatic carbocycles. The monoisotopic (exact) mass is 322 g/mol. The number of nitrogens with zero attached hydrogens (tertiary/aromatic N) is 3. The molecule has 2 unspecified atom stereocenters. The van der Waals surface area contributed by atoms with E-state index in [2.05, 4.69) is 34.2 Å². The summed E-state index contributed by atoms with van der Waals surface area (Å²) in [6.07, 6.45) is 12.4. The Morgan fingerprint density at radius 1 is 1.00 bits per heavy atom. The molecule has 0 amide bonds. The Hall–Kier alpha value is -0.770. The highest BCUT2D eigenvalue weighted by Gasteiger charge is 2.35. The Labute approximate surface area is 143 Å². The quantitative estimate of drug-likeness (QED) is 0.423. The van der Waals surface area contributed by atoms with E-state index in [1.54, 1.807) is 0 Å². The van der Waals surface area contributed by atoms with Crippen molar-refractivity contribution in [1.82, 2.24) is 15.1 Å². The van der Waals surface area contributed by atoms with Gasteiger partial charge >= 0.3 is 0 Å². The molecule has 2 fully saturated rings. The van der Waals surface area contributed by atoms with Gasteiger partial charge in [-0.25, -0.2) is 0 Å². The van der Waals surface area contributed by atoms with Crippen LogP contribution in [0.3, 0.4) is 0 Å². The molecule has 1 N–H and O–H groups in total. The van der Waals surface area contributed by atoms with Gasteiger partial charge in [-0.3, -0.25) is 4.99 Å². The molecule has 2 rings (SSSR count). The van der Waals surface area contributed by atoms with Crippen LogP contribution in [0.5, 0.6) is 0 Å². The maximum absolute atomic E-state index is 4.52. The van der Waals surface area contributed by atoms with Gasteiger partial charge in [-0.15, -0.1) is 0 Å². The van der Waals surface area contributed by atoms with Gasteiger partial charge in [0.2, 0.25) is 0 Å². The normalized spacial score (nSPS) is 25.0. The molecular formula is C19H38N4. The maximum Gasteiger partial charge on any atom is 0.193 e. The predicted octanol–water partition coefficient (Wildman–Crippen LogP) is 3.20. The first-order chi connectivity index (χ1) is 11.2. The summed E-state index contributed by atoms with van der Waals surface area (Å²) in [7, 11) is 6.25. The molecule has 1 heterocycles. The summed E-state index contributed by atoms with van der Waals surface area (Å²) in [5, 5.41) is 3.60. The molecule has 4 nitrogen and oxygen atoms in total. The van der Waals surface area contributed by atoms with E-state index in [1.165, 1.54) is 77.4 Å². The van der Waals surface area contributed by atoms with Gasteiger partial charge in [0.15, 0.2) is 5.96 Å². The van der Waals surface area contributed by atoms with Crippen LogP contribution in [0.1, 0.15) is 57.8 Å². The Bertz CT molecular complexity index is 339. The first kappa shape index (κ1) is 18.6. The molecule has 1 saturated heterocycles. The fourth-order valence-electron chi connectivity index (χ4n) is 4.19. The molecule has 2 aliphatic rings. The summed E-state index contributed by atoms with van der Waals surface area (Å²) in [5.41, 5.74) is 0. The van der Waals surface area contributed by atoms with Gasteiger partial charge < -0.3 is 15.1 Å². The largest absolute Gasteiger partial charge is 0.356 e. The van der Waals surface area contributed by atoms with Crippen LogP contribution in [0.2, 0.25) is 0 Å². The molecule has 0 aromatic heterocycles. The molecule has 0 radical (unpaired) electrons. The third-order valence-electron chi connectivity index (χ3n) is 5.55. The third-order valence-corrected chi connectivity index (χ3v) is 5.55. The van der Waals surface area contributed by atoms with Crippen molar-refractivity contribution in [2.24, 2.45) is 16.8 Å². The number of nitrogens with one attached hydrogen (secondary N) is 1. The first-order valence-electron chi connectivity index (χ1n) is 9.81. The smallest absolute Gasteiger partial charge is 0.193 e. The zero-order valence-corrected chi connectivity index (χ0v) is 15.7. The van der Waals surface area contributed by atoms with Crippen LogP contribution in [0.25, 0.3) is 0 Å². The maximum atomic E-state index is 4.52. The number of hydrogen-bond donors (Lipinski definition) is 1. The highest BCUT2D eigenvalue weighted by Crippen LogP contribution is 2.35. The van der Waals surface area contributed by atoms with Gasteiger partial charge in [0.05, 0.1) is 0 Å². The lowest BCUT2D eigenvalue weighted by Crippen LogP contribution is -2.40. The van der Waals surface area contributed by atoms with E-state index in [9.17, 15) is 0 Å². The Morgan fingerprint density at radius 3 is 2.22 bits per heavy atom. The van der Waals surface area contributed by atoms with E-state index in [0.717, 1.165) is 24.3 Å². The van der Waals surface area contributed by atoms with Crippen molar-refractivity contribution >= 4 is 5.96 Å². The molecule has 1 aliphatic carbocycles. The van der Waals surface area contributed by atoms with Crippen molar-refractivity contribution in [3.05, 3.63) is 0 Å². The Kier molecular flexibility index (Phi) is 8.21. The van der Waals surface area contributed by atoms with Crippen LogP contribution >= 0.6 is 0 Å². The number of fused-ring (bicyclic) bond motifs is 1. The topological polar surface area (TPSA) is 30.9 Å². The Morgan fingerprint density at radius 2 is 1.61 bits per heavy atom. The van der Waals surface area contributed by atoms with Crippen LogP contribution in [0.4, 0.5) is 0 Å². The van der Waals surface area contributed by atoms with Crippen LogP contribution in [0, 0.1) is 11.8 Å². The highest BCUT2D eigenvalue weighted by atomic mass is 15.3. The second-order valence-corrected chi connectivity index (χ2v) is 7.75. The average molecular weight is 323 g/mol. The number of hydrogen-bond acceptors (Lipinski definition) is 2. The Balaban J connectivity index is 1.55. The average Bonchev–Trinajstić information content (AvgIpc) is 2.97. The second-order valence-electron chi connectivity index (χ2n) is 7.75. The van der Waals surface area contributed by atoms with E-state index < -0.39 is 0 Å². The fourth-order valence-corrected chi connectivity index (χ4v) is 4.19. The summed E-state index contributed by atoms with van der Waals surface area (Å²) < 4.78 is 0. The number of aliphatic imine (C=N–C) groups is 1. The van der Waals surface area contributed by atoms with Crippen LogP contribution < -0.4 is 5.32 Å². The van der Waals surface area contributed by atoms with Crippen molar-refractivity contribution in [3.63, 3.8) is 0 Å². The molecule has 1 saturated carbocycles. The van der Waals surface area contributed by atoms with Crippen LogP contribution in [0.15, 0.2) is 4.99 Å². The van der Waals surface area contributed by atoms with Gasteiger partial charge in [-0.05, 0) is 58.2 Å². The standard InChI is InChI=1S/C19H38N4/c1-20-19(21-13-9-5-4-6-10-14-22(2)3)23-15-17-11-7-8-12-18(17)16-23/h17-18H,4-16H2,1-3H3,(H,20,21). The fraction of sp³-hybridized carbons (Fsp3) is 0.947. The van der Waals surface area contributed by atoms with E-state index in [1.807, 2.05) is 7.05 Å². The van der Waals surface area contributed by atoms with Gasteiger partial charge in [-0.2, -0.15) is 0 Å². The first-order valence-corrected chi connectivity index (χ1v) is 9.81. The van der Waals surface area contributed by atoms with Crippen molar-refractivity contribution in [2.75, 3.05) is 47.3 Å². The number of unbranched alkanes of at least 4 members (excludes halogenated alkanes) is 4. The van der Waals surface area contributed by atoms with E-state index in [0.29, 0.717) is 0 Å². The summed E-state index contributed by atoms with van der Waals surface area (Å²) in [6, 6.07) is 0. The minimum Gasteiger partial charge on any atom is -0.356 e. The molecule has 0 spiro atoms. The van der Waals surface area contributed by atoms with E-state index in [-0.39, 0.29) is 0 Å². The van der Waals surface area contributed by atoms with E-state index >= 15 is 0 Å². The number of likely N-dealkylation sites (tertiary alicyclic amines) is 1. The minimum absolute atomic E-state index is 0.930. The molecule has 23 heavy (non-hydrogen) atoms. The lowest BCUT2D eigenvalue weighted by molar-refractivity contribution is 0.299. The predicted molar refractivity (Wildman–Crippen MR) is 100 cm³/mol. The third kappa shape index (κ3) is 6.33. The van der Waals surface area contributed by atoms with Crippen molar-refractivity contribution < 1.29 is 0 Å². The summed E-state index contributed by atoms with van der Waals surface area (Å²) >= 11 is 0. The van der Waals surface area contributed by atoms with Gasteiger partial charge in [0.1, 0.15) is 0 Å². The second kappa shape index (κ2) is 10.2. The van der Waals surface area contributed by atoms with E-state index in [4.69, 9.17) is 0 Å². The lowest BCUT2D eigenvalue weighted by atomic mass is 9.82. The molecule has 0 aromatic rings. The SMILES string of the molecule is CN=C(NCCCCCCCN(C)C)N1CC2CCCCC2C1. The molecule has 4 heteroatoms. The number of guanidine groups is 1. The summed E-state index contributed by atoms with van der Waals surface area (Å²) in [4.78, 5) is 9.31. The molecule has 2 atom stereocenters. The lowest BCUT2D eigenvalue weighted by Gasteiger charge is -2.22. The number of rotatable bonds is 8. The molecule has 134 valence electrons. The van der Waals surface area contributed by atoms with Crippen LogP contribution in [-0.2, 0) is 0 Å². The zero-order valence-electron chi connectivity index (χ0n) is 15.7. The summed E-state index contributed by atoms with van der Waals surface area (Å²) in [6.45, 7) is 4.76. The van der Waals surface area contributed by atoms with Crippen molar-refractivity contribution in [1.29, 1.82) is 0 Å². The molecular weight excluding hydrogens is 284 g/mol. The molecule has 0 bridgehead atoms. The van der Waals surface area contributed by atoms with Crippen molar-refractivity contribution in [3.8, 4) is 0 Å². The van der Waals surface area contributed by atoms with Gasteiger partial charge in [0.25, 0.3) is 0 Å². The highest BCUT2D eigenvalue weighted by molar-refractivity contribution is 5.80. The van der Waals surface area contributed by atoms with Crippen molar-refractivity contribution in [2.45, 2.75) is 57.8 Å². The van der Waals surface area contributed by atoms with Gasteiger partial charge in [-0.1, -0.05) is 32.1 Å². The molecule has 1 aliphatic heterocycles. The minimum atomic E-state index is 0.930. The van der Waals surface area contributed by atoms with Gasteiger partial charge in [0, 0.05) is 26.7 Å². The summed E-state index contributed by atoms with van der Waals surface area (Å²) in [5.74, 6) is 3.00. The zero-order chi connectivity index (χ0) is 16.5.